The lowest BCUT2D eigenvalue weighted by molar-refractivity contribution is -0.0402. The lowest BCUT2D eigenvalue weighted by Crippen LogP contribution is -2.57. The first kappa shape index (κ1) is 16.6. The fraction of sp³-hybridized carbons (Fsp3) is 0.526. The maximum Gasteiger partial charge on any atom is 0.119 e. The number of ether oxygens (including phenoxy) is 1. The summed E-state index contributed by atoms with van der Waals surface area (Å²) >= 11 is 0. The van der Waals surface area contributed by atoms with E-state index in [1.807, 2.05) is 23.0 Å². The Kier molecular flexibility index (Phi) is 4.74. The first-order chi connectivity index (χ1) is 12.2. The number of aliphatic hydroxyl groups excluding tert-OH is 1. The van der Waals surface area contributed by atoms with E-state index in [4.69, 9.17) is 4.74 Å². The van der Waals surface area contributed by atoms with Gasteiger partial charge in [-0.05, 0) is 55.8 Å². The van der Waals surface area contributed by atoms with Crippen molar-refractivity contribution in [1.82, 2.24) is 19.6 Å². The SMILES string of the molecule is COc1ccc(-n2cccn2)c(CN2CCC(N3CC(O)C3)CC2)c1. The second-order valence-electron chi connectivity index (χ2n) is 7.06. The fourth-order valence-electron chi connectivity index (χ4n) is 3.92. The zero-order chi connectivity index (χ0) is 17.2. The molecule has 4 rings (SSSR count). The molecule has 1 aromatic heterocycles. The molecule has 0 bridgehead atoms. The molecule has 134 valence electrons. The maximum atomic E-state index is 9.49. The molecule has 0 saturated carbocycles. The molecule has 6 heteroatoms. The number of aliphatic hydroxyl groups is 1. The minimum Gasteiger partial charge on any atom is -0.497 e. The van der Waals surface area contributed by atoms with Crippen LogP contribution in [0.25, 0.3) is 5.69 Å². The second kappa shape index (κ2) is 7.15. The van der Waals surface area contributed by atoms with Gasteiger partial charge in [-0.1, -0.05) is 0 Å². The Hall–Kier alpha value is -1.89. The van der Waals surface area contributed by atoms with Gasteiger partial charge in [-0.25, -0.2) is 4.68 Å². The number of methoxy groups -OCH3 is 1. The summed E-state index contributed by atoms with van der Waals surface area (Å²) in [6.45, 7) is 4.79. The molecule has 0 radical (unpaired) electrons. The Bertz CT molecular complexity index is 689. The summed E-state index contributed by atoms with van der Waals surface area (Å²) in [5.74, 6) is 0.885. The quantitative estimate of drug-likeness (QED) is 0.893. The van der Waals surface area contributed by atoms with Crippen molar-refractivity contribution in [2.75, 3.05) is 33.3 Å². The summed E-state index contributed by atoms with van der Waals surface area (Å²) in [5.41, 5.74) is 2.35. The van der Waals surface area contributed by atoms with Crippen molar-refractivity contribution in [3.8, 4) is 11.4 Å². The molecule has 2 saturated heterocycles. The normalized spacial score (nSPS) is 20.6. The first-order valence-electron chi connectivity index (χ1n) is 9.04. The maximum absolute atomic E-state index is 9.49. The third kappa shape index (κ3) is 3.56. The van der Waals surface area contributed by atoms with Crippen molar-refractivity contribution < 1.29 is 9.84 Å². The number of β-amino-alcohol motifs (C(OH)–C–C–N with tert-alkyl or cyclic N) is 1. The van der Waals surface area contributed by atoms with E-state index in [1.165, 1.54) is 18.4 Å². The number of hydrogen-bond donors (Lipinski definition) is 1. The van der Waals surface area contributed by atoms with E-state index in [9.17, 15) is 5.11 Å². The lowest BCUT2D eigenvalue weighted by Gasteiger charge is -2.45. The molecule has 2 aliphatic rings. The van der Waals surface area contributed by atoms with E-state index < -0.39 is 0 Å². The van der Waals surface area contributed by atoms with Crippen LogP contribution in [0, 0.1) is 0 Å². The van der Waals surface area contributed by atoms with Gasteiger partial charge in [-0.2, -0.15) is 5.10 Å². The van der Waals surface area contributed by atoms with Gasteiger partial charge in [0.1, 0.15) is 5.75 Å². The molecule has 2 aromatic rings. The van der Waals surface area contributed by atoms with Crippen molar-refractivity contribution in [2.24, 2.45) is 0 Å². The Balaban J connectivity index is 1.44. The second-order valence-corrected chi connectivity index (χ2v) is 7.06. The smallest absolute Gasteiger partial charge is 0.119 e. The summed E-state index contributed by atoms with van der Waals surface area (Å²) < 4.78 is 7.34. The number of piperidine rings is 1. The molecule has 2 fully saturated rings. The number of nitrogens with zero attached hydrogens (tertiary/aromatic N) is 4. The fourth-order valence-corrected chi connectivity index (χ4v) is 3.92. The van der Waals surface area contributed by atoms with Crippen LogP contribution in [0.1, 0.15) is 18.4 Å². The Morgan fingerprint density at radius 3 is 2.68 bits per heavy atom. The van der Waals surface area contributed by atoms with Crippen LogP contribution in [-0.4, -0.2) is 70.1 Å². The number of likely N-dealkylation sites (tertiary alicyclic amines) is 2. The van der Waals surface area contributed by atoms with Gasteiger partial charge in [-0.3, -0.25) is 9.80 Å². The zero-order valence-electron chi connectivity index (χ0n) is 14.7. The van der Waals surface area contributed by atoms with Gasteiger partial charge in [0.15, 0.2) is 0 Å². The minimum atomic E-state index is -0.105. The van der Waals surface area contributed by atoms with Gasteiger partial charge in [0.05, 0.1) is 18.9 Å². The number of aromatic nitrogens is 2. The van der Waals surface area contributed by atoms with E-state index in [0.29, 0.717) is 6.04 Å². The minimum absolute atomic E-state index is 0.105. The topological polar surface area (TPSA) is 53.8 Å². The lowest BCUT2D eigenvalue weighted by atomic mass is 9.98. The summed E-state index contributed by atoms with van der Waals surface area (Å²) in [6.07, 6.45) is 6.03. The highest BCUT2D eigenvalue weighted by molar-refractivity contribution is 5.45. The molecule has 1 N–H and O–H groups in total. The molecular weight excluding hydrogens is 316 g/mol. The number of benzene rings is 1. The molecule has 25 heavy (non-hydrogen) atoms. The summed E-state index contributed by atoms with van der Waals surface area (Å²) in [4.78, 5) is 4.93. The average molecular weight is 342 g/mol. The van der Waals surface area contributed by atoms with Crippen LogP contribution in [0.4, 0.5) is 0 Å². The van der Waals surface area contributed by atoms with Crippen molar-refractivity contribution in [1.29, 1.82) is 0 Å². The molecule has 0 aliphatic carbocycles. The van der Waals surface area contributed by atoms with Crippen LogP contribution in [-0.2, 0) is 6.54 Å². The van der Waals surface area contributed by atoms with Crippen molar-refractivity contribution in [3.63, 3.8) is 0 Å². The van der Waals surface area contributed by atoms with E-state index in [-0.39, 0.29) is 6.10 Å². The Morgan fingerprint density at radius 2 is 2.04 bits per heavy atom. The standard InChI is InChI=1S/C19H26N4O2/c1-25-18-3-4-19(23-8-2-7-20-23)15(11-18)12-21-9-5-16(6-10-21)22-13-17(24)14-22/h2-4,7-8,11,16-17,24H,5-6,9-10,12-14H2,1H3. The van der Waals surface area contributed by atoms with Gasteiger partial charge < -0.3 is 9.84 Å². The van der Waals surface area contributed by atoms with Crippen molar-refractivity contribution in [2.45, 2.75) is 31.5 Å². The van der Waals surface area contributed by atoms with E-state index >= 15 is 0 Å². The van der Waals surface area contributed by atoms with Gasteiger partial charge in [0.25, 0.3) is 0 Å². The van der Waals surface area contributed by atoms with Crippen LogP contribution in [0.2, 0.25) is 0 Å². The Labute approximate surface area is 148 Å². The monoisotopic (exact) mass is 342 g/mol. The van der Waals surface area contributed by atoms with Crippen molar-refractivity contribution in [3.05, 3.63) is 42.2 Å². The van der Waals surface area contributed by atoms with E-state index in [2.05, 4.69) is 27.0 Å². The highest BCUT2D eigenvalue weighted by Crippen LogP contribution is 2.26. The summed E-state index contributed by atoms with van der Waals surface area (Å²) in [6, 6.07) is 8.77. The summed E-state index contributed by atoms with van der Waals surface area (Å²) in [5, 5.41) is 13.9. The molecule has 2 aliphatic heterocycles. The molecule has 3 heterocycles. The van der Waals surface area contributed by atoms with Gasteiger partial charge in [0, 0.05) is 38.1 Å². The van der Waals surface area contributed by atoms with Crippen LogP contribution in [0.15, 0.2) is 36.7 Å². The van der Waals surface area contributed by atoms with E-state index in [0.717, 1.165) is 44.2 Å². The molecule has 6 nitrogen and oxygen atoms in total. The molecule has 0 unspecified atom stereocenters. The van der Waals surface area contributed by atoms with E-state index in [1.54, 1.807) is 13.3 Å². The molecule has 0 atom stereocenters. The molecule has 1 aromatic carbocycles. The first-order valence-corrected chi connectivity index (χ1v) is 9.04. The molecule has 0 spiro atoms. The summed E-state index contributed by atoms with van der Waals surface area (Å²) in [7, 11) is 1.71. The van der Waals surface area contributed by atoms with Crippen LogP contribution in [0.5, 0.6) is 5.75 Å². The highest BCUT2D eigenvalue weighted by Gasteiger charge is 2.32. The third-order valence-corrected chi connectivity index (χ3v) is 5.40. The van der Waals surface area contributed by atoms with Crippen LogP contribution >= 0.6 is 0 Å². The largest absolute Gasteiger partial charge is 0.497 e. The van der Waals surface area contributed by atoms with Crippen molar-refractivity contribution >= 4 is 0 Å². The Morgan fingerprint density at radius 1 is 1.24 bits per heavy atom. The molecular formula is C19H26N4O2. The van der Waals surface area contributed by atoms with Crippen LogP contribution < -0.4 is 4.74 Å². The van der Waals surface area contributed by atoms with Gasteiger partial charge >= 0.3 is 0 Å². The number of rotatable bonds is 5. The highest BCUT2D eigenvalue weighted by atomic mass is 16.5. The average Bonchev–Trinajstić information content (AvgIpc) is 3.14. The molecule has 0 amide bonds. The van der Waals surface area contributed by atoms with Gasteiger partial charge in [0.2, 0.25) is 0 Å². The number of hydrogen-bond acceptors (Lipinski definition) is 5. The zero-order valence-corrected chi connectivity index (χ0v) is 14.7. The van der Waals surface area contributed by atoms with Crippen LogP contribution in [0.3, 0.4) is 0 Å². The third-order valence-electron chi connectivity index (χ3n) is 5.40. The predicted octanol–water partition coefficient (Wildman–Crippen LogP) is 1.52. The van der Waals surface area contributed by atoms with Gasteiger partial charge in [-0.15, -0.1) is 0 Å². The predicted molar refractivity (Wildman–Crippen MR) is 96.0 cm³/mol.